The average Bonchev–Trinajstić information content (AvgIpc) is 3.59. The Bertz CT molecular complexity index is 1870. The van der Waals surface area contributed by atoms with Gasteiger partial charge in [0.05, 0.1) is 0 Å². The number of hydrogen-bond acceptors (Lipinski definition) is 0. The van der Waals surface area contributed by atoms with E-state index in [4.69, 9.17) is 0 Å². The van der Waals surface area contributed by atoms with Crippen molar-refractivity contribution in [3.05, 3.63) is 129 Å². The molecule has 0 aromatic heterocycles. The van der Waals surface area contributed by atoms with Gasteiger partial charge in [-0.2, -0.15) is 0 Å². The molecule has 0 fully saturated rings. The number of rotatable bonds is 6. The molecule has 2 aliphatic rings. The Morgan fingerprint density at radius 3 is 1.20 bits per heavy atom. The van der Waals surface area contributed by atoms with Crippen LogP contribution in [0.2, 0.25) is 16.7 Å². The summed E-state index contributed by atoms with van der Waals surface area (Å²) >= 11 is -5.20. The number of benzene rings is 4. The van der Waals surface area contributed by atoms with Gasteiger partial charge in [-0.25, -0.2) is 0 Å². The van der Waals surface area contributed by atoms with Gasteiger partial charge in [0.15, 0.2) is 0 Å². The van der Waals surface area contributed by atoms with Crippen molar-refractivity contribution in [2.24, 2.45) is 0 Å². The first-order chi connectivity index (χ1) is 20.5. The van der Waals surface area contributed by atoms with Gasteiger partial charge >= 0.3 is 264 Å². The summed E-state index contributed by atoms with van der Waals surface area (Å²) in [6.07, 6.45) is 10.3. The Morgan fingerprint density at radius 1 is 0.545 bits per heavy atom. The third kappa shape index (κ3) is 3.83. The van der Waals surface area contributed by atoms with Crippen LogP contribution in [0.25, 0.3) is 34.4 Å². The zero-order chi connectivity index (χ0) is 31.9. The van der Waals surface area contributed by atoms with Crippen LogP contribution in [0.5, 0.6) is 0 Å². The van der Waals surface area contributed by atoms with Gasteiger partial charge in [-0.05, 0) is 0 Å². The van der Waals surface area contributed by atoms with E-state index in [1.165, 1.54) is 55.6 Å². The fourth-order valence-corrected chi connectivity index (χ4v) is 50.9. The summed E-state index contributed by atoms with van der Waals surface area (Å²) in [5.74, 6) is 0. The minimum absolute atomic E-state index is 0.393. The molecule has 0 saturated carbocycles. The Labute approximate surface area is 262 Å². The van der Waals surface area contributed by atoms with Crippen LogP contribution in [0.15, 0.2) is 84.9 Å². The molecule has 0 N–H and O–H groups in total. The fourth-order valence-electron chi connectivity index (χ4n) is 9.97. The van der Waals surface area contributed by atoms with E-state index in [0.29, 0.717) is 14.7 Å². The van der Waals surface area contributed by atoms with Gasteiger partial charge in [-0.3, -0.25) is 0 Å². The van der Waals surface area contributed by atoms with Gasteiger partial charge in [0.2, 0.25) is 0 Å². The summed E-state index contributed by atoms with van der Waals surface area (Å²) in [6, 6.07) is 28.3. The molecule has 44 heavy (non-hydrogen) atoms. The standard InChI is InChI=1S/2C17H15.2C3H7.2CH3.Hf.H2Si/c2*1-12-9-13(2)11-15(10-12)17-8-4-6-14-5-3-7-16(14)17;2*1-3-2;;;;/h2*3-11H,1-2H3;2*3H,1-2H3;2*1H3;;1H2. The molecule has 0 aliphatic heterocycles. The van der Waals surface area contributed by atoms with Gasteiger partial charge < -0.3 is 0 Å². The molecular formula is C42H52HfSi. The van der Waals surface area contributed by atoms with Crippen molar-refractivity contribution >= 4 is 19.1 Å². The van der Waals surface area contributed by atoms with E-state index in [-0.39, 0.29) is 0 Å². The average molecular weight is 763 g/mol. The van der Waals surface area contributed by atoms with Crippen molar-refractivity contribution in [3.8, 4) is 22.3 Å². The van der Waals surface area contributed by atoms with E-state index in [0.717, 1.165) is 0 Å². The summed E-state index contributed by atoms with van der Waals surface area (Å²) in [6.45, 7) is 21.7. The van der Waals surface area contributed by atoms with Crippen molar-refractivity contribution in [2.75, 3.05) is 0 Å². The third-order valence-electron chi connectivity index (χ3n) is 14.8. The second-order valence-electron chi connectivity index (χ2n) is 17.7. The van der Waals surface area contributed by atoms with Crippen molar-refractivity contribution < 1.29 is 14.2 Å². The quantitative estimate of drug-likeness (QED) is 0.172. The van der Waals surface area contributed by atoms with Gasteiger partial charge in [0, 0.05) is 0 Å². The van der Waals surface area contributed by atoms with Crippen LogP contribution < -0.4 is 0 Å². The zero-order valence-corrected chi connectivity index (χ0v) is 33.8. The molecule has 2 atom stereocenters. The van der Waals surface area contributed by atoms with Crippen LogP contribution in [-0.4, -0.2) is 6.94 Å². The number of fused-ring (bicyclic) bond motifs is 2. The molecule has 228 valence electrons. The molecule has 0 spiro atoms. The van der Waals surface area contributed by atoms with Crippen LogP contribution in [0.4, 0.5) is 0 Å². The van der Waals surface area contributed by atoms with Crippen LogP contribution >= 0.6 is 0 Å². The first kappa shape index (κ1) is 31.4. The van der Waals surface area contributed by atoms with Gasteiger partial charge in [0.25, 0.3) is 0 Å². The molecular weight excluding hydrogens is 711 g/mol. The molecule has 6 rings (SSSR count). The van der Waals surface area contributed by atoms with Crippen molar-refractivity contribution in [3.63, 3.8) is 0 Å². The third-order valence-corrected chi connectivity index (χ3v) is 95.7. The molecule has 0 heterocycles. The molecule has 0 saturated heterocycles. The Morgan fingerprint density at radius 2 is 0.886 bits per heavy atom. The monoisotopic (exact) mass is 764 g/mol. The number of aryl methyl sites for hydroxylation is 4. The SMILES string of the molecule is Cc1cc(C)cc(-c2cccc3c2C=C[CH]3[Hf]([CH3])([CH3])(=[SiH2])([CH](C)C)([CH](C)C)[CH]2C=Cc3c(-c4cc(C)cc(C)c4)cccc32)c1. The Balaban J connectivity index is 1.64. The Kier molecular flexibility index (Phi) is 6.61. The molecule has 2 unspecified atom stereocenters. The topological polar surface area (TPSA) is 0 Å². The van der Waals surface area contributed by atoms with E-state index in [1.807, 2.05) is 0 Å². The van der Waals surface area contributed by atoms with E-state index >= 15 is 0 Å². The van der Waals surface area contributed by atoms with Crippen LogP contribution in [-0.2, 0) is 14.2 Å². The minimum atomic E-state index is -5.20. The number of hydrogen-bond donors (Lipinski definition) is 0. The first-order valence-electron chi connectivity index (χ1n) is 16.8. The predicted octanol–water partition coefficient (Wildman–Crippen LogP) is 12.2. The molecule has 2 aliphatic carbocycles. The maximum atomic E-state index is 2.87. The van der Waals surface area contributed by atoms with Crippen LogP contribution in [0.3, 0.4) is 0 Å². The van der Waals surface area contributed by atoms with E-state index in [1.54, 1.807) is 11.1 Å². The summed E-state index contributed by atoms with van der Waals surface area (Å²) < 4.78 is 7.60. The zero-order valence-electron chi connectivity index (χ0n) is 28.8. The maximum absolute atomic E-state index is 5.20. The summed E-state index contributed by atoms with van der Waals surface area (Å²) in [5, 5.41) is 0. The molecule has 0 nitrogen and oxygen atoms in total. The molecule has 0 bridgehead atoms. The van der Waals surface area contributed by atoms with E-state index < -0.39 is 14.2 Å². The fraction of sp³-hybridized carbons (Fsp3) is 0.333. The molecule has 2 heteroatoms. The normalized spacial score (nSPS) is 19.9. The van der Waals surface area contributed by atoms with Gasteiger partial charge in [-0.1, -0.05) is 0 Å². The van der Waals surface area contributed by atoms with Crippen LogP contribution in [0.1, 0.15) is 79.6 Å². The summed E-state index contributed by atoms with van der Waals surface area (Å²) in [4.78, 5) is 0. The van der Waals surface area contributed by atoms with Gasteiger partial charge in [0.1, 0.15) is 0 Å². The Hall–Kier alpha value is -2.55. The molecule has 0 radical (unpaired) electrons. The van der Waals surface area contributed by atoms with Crippen molar-refractivity contribution in [2.45, 2.75) is 79.4 Å². The van der Waals surface area contributed by atoms with Crippen molar-refractivity contribution in [1.82, 2.24) is 0 Å². The second kappa shape index (κ2) is 9.26. The second-order valence-corrected chi connectivity index (χ2v) is 93.7. The van der Waals surface area contributed by atoms with E-state index in [9.17, 15) is 0 Å². The van der Waals surface area contributed by atoms with Crippen LogP contribution in [0, 0.1) is 27.7 Å². The summed E-state index contributed by atoms with van der Waals surface area (Å²) in [5.41, 5.74) is 16.7. The summed E-state index contributed by atoms with van der Waals surface area (Å²) in [7, 11) is 0. The van der Waals surface area contributed by atoms with Gasteiger partial charge in [-0.15, -0.1) is 0 Å². The van der Waals surface area contributed by atoms with E-state index in [2.05, 4.69) is 169 Å². The molecule has 4 aromatic rings. The number of allylic oxidation sites excluding steroid dienone is 2. The first-order valence-corrected chi connectivity index (χ1v) is 40.6. The molecule has 0 amide bonds. The molecule has 4 aromatic carbocycles. The predicted molar refractivity (Wildman–Crippen MR) is 197 cm³/mol. The van der Waals surface area contributed by atoms with Crippen molar-refractivity contribution in [1.29, 1.82) is 0 Å².